The number of benzene rings is 2. The molecule has 0 aliphatic rings. The van der Waals surface area contributed by atoms with Crippen molar-refractivity contribution >= 4 is 21.1 Å². The van der Waals surface area contributed by atoms with Gasteiger partial charge in [0.05, 0.1) is 12.4 Å². The predicted molar refractivity (Wildman–Crippen MR) is 135 cm³/mol. The molecule has 3 rings (SSSR count). The van der Waals surface area contributed by atoms with Gasteiger partial charge < -0.3 is 18.4 Å². The Hall–Kier alpha value is -2.51. The molecule has 3 aromatic rings. The Labute approximate surface area is 203 Å². The number of fused-ring (bicyclic) bond motifs is 1. The molecule has 0 radical (unpaired) electrons. The van der Waals surface area contributed by atoms with E-state index in [1.807, 2.05) is 39.8 Å². The SMILES string of the molecule is CCC(CCc1cc2cc(OS(C)(=O)=O)ccc2o1)c1ccc(OCC(O)C(C)(C)C)c(C)c1. The smallest absolute Gasteiger partial charge is 0.306 e. The third-order valence-electron chi connectivity index (χ3n) is 6.09. The second kappa shape index (κ2) is 10.4. The van der Waals surface area contributed by atoms with Crippen molar-refractivity contribution in [1.29, 1.82) is 0 Å². The van der Waals surface area contributed by atoms with Gasteiger partial charge in [-0.1, -0.05) is 39.8 Å². The van der Waals surface area contributed by atoms with Crippen LogP contribution in [-0.4, -0.2) is 32.5 Å². The standard InChI is InChI=1S/C27H36O6S/c1-7-19(20-9-12-24(18(2)14-20)31-17-26(28)27(3,4)5)8-10-22-15-21-16-23(33-34(6,29)30)11-13-25(21)32-22/h9,11-16,19,26,28H,7-8,10,17H2,1-6H3. The fourth-order valence-corrected chi connectivity index (χ4v) is 4.31. The van der Waals surface area contributed by atoms with Crippen molar-refractivity contribution in [3.63, 3.8) is 0 Å². The summed E-state index contributed by atoms with van der Waals surface area (Å²) in [6, 6.07) is 13.2. The van der Waals surface area contributed by atoms with E-state index in [1.165, 1.54) is 5.56 Å². The molecule has 34 heavy (non-hydrogen) atoms. The van der Waals surface area contributed by atoms with Crippen LogP contribution >= 0.6 is 0 Å². The first-order chi connectivity index (χ1) is 15.9. The second-order valence-electron chi connectivity index (χ2n) is 10.1. The fourth-order valence-electron chi connectivity index (χ4n) is 3.86. The molecule has 0 bridgehead atoms. The summed E-state index contributed by atoms with van der Waals surface area (Å²) in [7, 11) is -3.57. The maximum absolute atomic E-state index is 11.4. The van der Waals surface area contributed by atoms with Crippen molar-refractivity contribution in [1.82, 2.24) is 0 Å². The van der Waals surface area contributed by atoms with Gasteiger partial charge in [-0.2, -0.15) is 8.42 Å². The van der Waals surface area contributed by atoms with Crippen LogP contribution in [0.2, 0.25) is 0 Å². The highest BCUT2D eigenvalue weighted by atomic mass is 32.2. The number of ether oxygens (including phenoxy) is 1. The van der Waals surface area contributed by atoms with E-state index in [-0.39, 0.29) is 17.8 Å². The van der Waals surface area contributed by atoms with Crippen LogP contribution in [0.5, 0.6) is 11.5 Å². The van der Waals surface area contributed by atoms with E-state index >= 15 is 0 Å². The summed E-state index contributed by atoms with van der Waals surface area (Å²) < 4.78 is 39.6. The first-order valence-electron chi connectivity index (χ1n) is 11.7. The number of hydrogen-bond donors (Lipinski definition) is 1. The molecular formula is C27H36O6S. The molecule has 2 atom stereocenters. The van der Waals surface area contributed by atoms with Crippen molar-refractivity contribution in [3.05, 3.63) is 59.4 Å². The summed E-state index contributed by atoms with van der Waals surface area (Å²) in [6.07, 6.45) is 3.18. The normalized spacial score (nSPS) is 14.2. The number of aliphatic hydroxyl groups is 1. The molecule has 0 fully saturated rings. The summed E-state index contributed by atoms with van der Waals surface area (Å²) in [6.45, 7) is 10.5. The molecule has 1 aromatic heterocycles. The minimum absolute atomic E-state index is 0.222. The third kappa shape index (κ3) is 7.00. The van der Waals surface area contributed by atoms with E-state index in [0.717, 1.165) is 48.0 Å². The Morgan fingerprint density at radius 1 is 1.09 bits per heavy atom. The van der Waals surface area contributed by atoms with Crippen molar-refractivity contribution in [2.45, 2.75) is 65.9 Å². The Bertz CT molecular complexity index is 1220. The molecule has 0 spiro atoms. The number of hydrogen-bond acceptors (Lipinski definition) is 6. The molecule has 6 nitrogen and oxygen atoms in total. The highest BCUT2D eigenvalue weighted by molar-refractivity contribution is 7.86. The lowest BCUT2D eigenvalue weighted by molar-refractivity contribution is 0.0216. The van der Waals surface area contributed by atoms with E-state index in [9.17, 15) is 13.5 Å². The molecular weight excluding hydrogens is 452 g/mol. The number of aliphatic hydroxyl groups excluding tert-OH is 1. The second-order valence-corrected chi connectivity index (χ2v) is 11.6. The van der Waals surface area contributed by atoms with E-state index in [4.69, 9.17) is 13.3 Å². The lowest BCUT2D eigenvalue weighted by Crippen LogP contribution is -2.32. The van der Waals surface area contributed by atoms with Gasteiger partial charge in [-0.05, 0) is 72.6 Å². The number of furan rings is 1. The maximum Gasteiger partial charge on any atom is 0.306 e. The van der Waals surface area contributed by atoms with E-state index in [0.29, 0.717) is 11.5 Å². The summed E-state index contributed by atoms with van der Waals surface area (Å²) in [5.41, 5.74) is 2.79. The molecule has 1 N–H and O–H groups in total. The zero-order valence-corrected chi connectivity index (χ0v) is 21.7. The molecule has 0 aliphatic carbocycles. The van der Waals surface area contributed by atoms with Crippen LogP contribution in [0.1, 0.15) is 63.3 Å². The average molecular weight is 489 g/mol. The molecule has 0 saturated heterocycles. The summed E-state index contributed by atoms with van der Waals surface area (Å²) in [4.78, 5) is 0. The topological polar surface area (TPSA) is 86.0 Å². The van der Waals surface area contributed by atoms with E-state index in [1.54, 1.807) is 18.2 Å². The van der Waals surface area contributed by atoms with Gasteiger partial charge in [-0.25, -0.2) is 0 Å². The van der Waals surface area contributed by atoms with Gasteiger partial charge in [0.25, 0.3) is 0 Å². The summed E-state index contributed by atoms with van der Waals surface area (Å²) >= 11 is 0. The third-order valence-corrected chi connectivity index (χ3v) is 6.58. The van der Waals surface area contributed by atoms with Crippen LogP contribution in [0.15, 0.2) is 46.9 Å². The van der Waals surface area contributed by atoms with Crippen LogP contribution < -0.4 is 8.92 Å². The molecule has 1 heterocycles. The highest BCUT2D eigenvalue weighted by Crippen LogP contribution is 2.31. The van der Waals surface area contributed by atoms with Gasteiger partial charge in [0.1, 0.15) is 29.4 Å². The molecule has 186 valence electrons. The Morgan fingerprint density at radius 3 is 2.44 bits per heavy atom. The van der Waals surface area contributed by atoms with Gasteiger partial charge in [0.2, 0.25) is 0 Å². The van der Waals surface area contributed by atoms with Gasteiger partial charge >= 0.3 is 10.1 Å². The highest BCUT2D eigenvalue weighted by Gasteiger charge is 2.23. The summed E-state index contributed by atoms with van der Waals surface area (Å²) in [5, 5.41) is 11.1. The van der Waals surface area contributed by atoms with Crippen LogP contribution in [-0.2, 0) is 16.5 Å². The minimum atomic E-state index is -3.57. The first-order valence-corrected chi connectivity index (χ1v) is 13.5. The van der Waals surface area contributed by atoms with E-state index < -0.39 is 16.2 Å². The fraction of sp³-hybridized carbons (Fsp3) is 0.481. The number of aryl methyl sites for hydroxylation is 2. The molecule has 0 aliphatic heterocycles. The van der Waals surface area contributed by atoms with Crippen molar-refractivity contribution in [2.24, 2.45) is 5.41 Å². The van der Waals surface area contributed by atoms with Crippen molar-refractivity contribution in [3.8, 4) is 11.5 Å². The monoisotopic (exact) mass is 488 g/mol. The Kier molecular flexibility index (Phi) is 7.98. The summed E-state index contributed by atoms with van der Waals surface area (Å²) in [5.74, 6) is 2.30. The van der Waals surface area contributed by atoms with Gasteiger partial charge in [0.15, 0.2) is 0 Å². The Balaban J connectivity index is 1.65. The van der Waals surface area contributed by atoms with Crippen molar-refractivity contribution in [2.75, 3.05) is 12.9 Å². The molecule has 2 aromatic carbocycles. The van der Waals surface area contributed by atoms with Crippen molar-refractivity contribution < 1.29 is 26.9 Å². The van der Waals surface area contributed by atoms with Crippen LogP contribution in [0.25, 0.3) is 11.0 Å². The van der Waals surface area contributed by atoms with Crippen LogP contribution in [0.4, 0.5) is 0 Å². The van der Waals surface area contributed by atoms with Gasteiger partial charge in [-0.15, -0.1) is 0 Å². The molecule has 7 heteroatoms. The largest absolute Gasteiger partial charge is 0.491 e. The minimum Gasteiger partial charge on any atom is -0.491 e. The molecule has 0 amide bonds. The van der Waals surface area contributed by atoms with Crippen LogP contribution in [0, 0.1) is 12.3 Å². The average Bonchev–Trinajstić information content (AvgIpc) is 3.13. The zero-order chi connectivity index (χ0) is 25.1. The van der Waals surface area contributed by atoms with Gasteiger partial charge in [-0.3, -0.25) is 0 Å². The quantitative estimate of drug-likeness (QED) is 0.353. The number of rotatable bonds is 10. The lowest BCUT2D eigenvalue weighted by Gasteiger charge is -2.26. The maximum atomic E-state index is 11.4. The van der Waals surface area contributed by atoms with E-state index in [2.05, 4.69) is 19.1 Å². The lowest BCUT2D eigenvalue weighted by atomic mass is 9.89. The molecule has 0 saturated carbocycles. The van der Waals surface area contributed by atoms with Gasteiger partial charge in [0, 0.05) is 11.8 Å². The molecule has 2 unspecified atom stereocenters. The first kappa shape index (κ1) is 26.1. The van der Waals surface area contributed by atoms with Crippen LogP contribution in [0.3, 0.4) is 0 Å². The Morgan fingerprint density at radius 2 is 1.82 bits per heavy atom. The zero-order valence-electron chi connectivity index (χ0n) is 20.9. The predicted octanol–water partition coefficient (Wildman–Crippen LogP) is 5.99.